The third-order valence-electron chi connectivity index (χ3n) is 3.44. The van der Waals surface area contributed by atoms with Crippen molar-refractivity contribution in [2.24, 2.45) is 0 Å². The summed E-state index contributed by atoms with van der Waals surface area (Å²) in [6.07, 6.45) is 19.1. The first-order chi connectivity index (χ1) is 8.81. The zero-order valence-corrected chi connectivity index (χ0v) is 12.7. The lowest BCUT2D eigenvalue weighted by Crippen LogP contribution is -2.01. The molecule has 1 nitrogen and oxygen atoms in total. The van der Waals surface area contributed by atoms with Crippen LogP contribution in [0.3, 0.4) is 0 Å². The standard InChI is InChI=1S/C17H34O/c1-3-5-7-9-11-13-15-17(18)16-14-12-10-8-6-4-2/h13,15,17-18H,3-12,14,16H2,1-2H3/b15-13+. The van der Waals surface area contributed by atoms with Gasteiger partial charge in [-0.2, -0.15) is 0 Å². The van der Waals surface area contributed by atoms with E-state index in [0.717, 1.165) is 12.8 Å². The molecule has 108 valence electrons. The van der Waals surface area contributed by atoms with Crippen molar-refractivity contribution < 1.29 is 5.11 Å². The third kappa shape index (κ3) is 13.8. The van der Waals surface area contributed by atoms with Crippen molar-refractivity contribution in [2.75, 3.05) is 0 Å². The Balaban J connectivity index is 3.25. The molecule has 0 amide bonds. The summed E-state index contributed by atoms with van der Waals surface area (Å²) in [6, 6.07) is 0. The van der Waals surface area contributed by atoms with E-state index in [9.17, 15) is 5.11 Å². The predicted molar refractivity (Wildman–Crippen MR) is 81.9 cm³/mol. The Hall–Kier alpha value is -0.300. The van der Waals surface area contributed by atoms with Gasteiger partial charge < -0.3 is 5.11 Å². The monoisotopic (exact) mass is 254 g/mol. The van der Waals surface area contributed by atoms with Crippen LogP contribution in [0, 0.1) is 0 Å². The van der Waals surface area contributed by atoms with Crippen molar-refractivity contribution in [1.29, 1.82) is 0 Å². The molecule has 0 aliphatic rings. The topological polar surface area (TPSA) is 20.2 Å². The van der Waals surface area contributed by atoms with E-state index in [4.69, 9.17) is 0 Å². The van der Waals surface area contributed by atoms with Crippen LogP contribution in [-0.2, 0) is 0 Å². The van der Waals surface area contributed by atoms with Crippen molar-refractivity contribution in [2.45, 2.75) is 97.0 Å². The van der Waals surface area contributed by atoms with Crippen molar-refractivity contribution in [3.63, 3.8) is 0 Å². The van der Waals surface area contributed by atoms with E-state index >= 15 is 0 Å². The highest BCUT2D eigenvalue weighted by molar-refractivity contribution is 4.88. The molecule has 1 heteroatoms. The lowest BCUT2D eigenvalue weighted by Gasteiger charge is -2.05. The quantitative estimate of drug-likeness (QED) is 0.334. The average molecular weight is 254 g/mol. The summed E-state index contributed by atoms with van der Waals surface area (Å²) in [7, 11) is 0. The van der Waals surface area contributed by atoms with Crippen LogP contribution in [0.4, 0.5) is 0 Å². The second-order valence-electron chi connectivity index (χ2n) is 5.40. The molecule has 0 aromatic rings. The highest BCUT2D eigenvalue weighted by Crippen LogP contribution is 2.10. The molecule has 0 fully saturated rings. The van der Waals surface area contributed by atoms with Crippen LogP contribution in [0.2, 0.25) is 0 Å². The maximum Gasteiger partial charge on any atom is 0.0720 e. The average Bonchev–Trinajstić information content (AvgIpc) is 2.38. The van der Waals surface area contributed by atoms with Crippen LogP contribution in [-0.4, -0.2) is 11.2 Å². The van der Waals surface area contributed by atoms with Gasteiger partial charge in [-0.3, -0.25) is 0 Å². The highest BCUT2D eigenvalue weighted by Gasteiger charge is 1.98. The second-order valence-corrected chi connectivity index (χ2v) is 5.40. The molecule has 0 spiro atoms. The molecule has 18 heavy (non-hydrogen) atoms. The normalized spacial score (nSPS) is 13.3. The molecular formula is C17H34O. The molecule has 0 saturated heterocycles. The van der Waals surface area contributed by atoms with Gasteiger partial charge in [-0.05, 0) is 19.3 Å². The van der Waals surface area contributed by atoms with Crippen LogP contribution in [0.1, 0.15) is 90.9 Å². The molecule has 1 atom stereocenters. The largest absolute Gasteiger partial charge is 0.389 e. The number of rotatable bonds is 13. The van der Waals surface area contributed by atoms with Gasteiger partial charge in [-0.25, -0.2) is 0 Å². The number of hydrogen-bond donors (Lipinski definition) is 1. The molecule has 0 heterocycles. The summed E-state index contributed by atoms with van der Waals surface area (Å²) in [5, 5.41) is 9.77. The molecule has 0 aliphatic heterocycles. The molecule has 0 saturated carbocycles. The van der Waals surface area contributed by atoms with Gasteiger partial charge in [0.2, 0.25) is 0 Å². The smallest absolute Gasteiger partial charge is 0.0720 e. The Morgan fingerprint density at radius 3 is 2.00 bits per heavy atom. The molecule has 0 bridgehead atoms. The van der Waals surface area contributed by atoms with Gasteiger partial charge >= 0.3 is 0 Å². The van der Waals surface area contributed by atoms with Gasteiger partial charge in [0, 0.05) is 0 Å². The predicted octanol–water partition coefficient (Wildman–Crippen LogP) is 5.62. The Morgan fingerprint density at radius 1 is 0.778 bits per heavy atom. The summed E-state index contributed by atoms with van der Waals surface area (Å²) >= 11 is 0. The van der Waals surface area contributed by atoms with E-state index in [0.29, 0.717) is 0 Å². The SMILES string of the molecule is CCCCCC/C=C/C(O)CCCCCCCC. The highest BCUT2D eigenvalue weighted by atomic mass is 16.3. The molecular weight excluding hydrogens is 220 g/mol. The Morgan fingerprint density at radius 2 is 1.33 bits per heavy atom. The van der Waals surface area contributed by atoms with Gasteiger partial charge in [0.05, 0.1) is 6.10 Å². The molecule has 0 aliphatic carbocycles. The van der Waals surface area contributed by atoms with Crippen LogP contribution < -0.4 is 0 Å². The third-order valence-corrected chi connectivity index (χ3v) is 3.44. The fourth-order valence-corrected chi connectivity index (χ4v) is 2.17. The summed E-state index contributed by atoms with van der Waals surface area (Å²) in [5.41, 5.74) is 0. The van der Waals surface area contributed by atoms with Gasteiger partial charge in [-0.15, -0.1) is 0 Å². The number of unbranched alkanes of at least 4 members (excludes halogenated alkanes) is 9. The van der Waals surface area contributed by atoms with E-state index in [2.05, 4.69) is 19.9 Å². The lowest BCUT2D eigenvalue weighted by molar-refractivity contribution is 0.207. The zero-order chi connectivity index (χ0) is 13.5. The van der Waals surface area contributed by atoms with Crippen molar-refractivity contribution >= 4 is 0 Å². The number of allylic oxidation sites excluding steroid dienone is 1. The Bertz CT molecular complexity index is 174. The summed E-state index contributed by atoms with van der Waals surface area (Å²) in [4.78, 5) is 0. The first-order valence-electron chi connectivity index (χ1n) is 8.16. The summed E-state index contributed by atoms with van der Waals surface area (Å²) in [5.74, 6) is 0. The molecule has 1 unspecified atom stereocenters. The fraction of sp³-hybridized carbons (Fsp3) is 0.882. The fourth-order valence-electron chi connectivity index (χ4n) is 2.17. The van der Waals surface area contributed by atoms with E-state index < -0.39 is 0 Å². The first-order valence-corrected chi connectivity index (χ1v) is 8.16. The molecule has 0 radical (unpaired) electrons. The summed E-state index contributed by atoms with van der Waals surface area (Å²) < 4.78 is 0. The van der Waals surface area contributed by atoms with Crippen molar-refractivity contribution in [3.8, 4) is 0 Å². The van der Waals surface area contributed by atoms with E-state index in [1.54, 1.807) is 0 Å². The minimum Gasteiger partial charge on any atom is -0.389 e. The lowest BCUT2D eigenvalue weighted by atomic mass is 10.1. The zero-order valence-electron chi connectivity index (χ0n) is 12.7. The van der Waals surface area contributed by atoms with E-state index in [1.807, 2.05) is 6.08 Å². The maximum absolute atomic E-state index is 9.77. The van der Waals surface area contributed by atoms with Gasteiger partial charge in [-0.1, -0.05) is 83.8 Å². The molecule has 0 aromatic heterocycles. The number of hydrogen-bond acceptors (Lipinski definition) is 1. The minimum atomic E-state index is -0.206. The van der Waals surface area contributed by atoms with Crippen molar-refractivity contribution in [1.82, 2.24) is 0 Å². The number of aliphatic hydroxyl groups excluding tert-OH is 1. The maximum atomic E-state index is 9.77. The Labute approximate surface area is 115 Å². The Kier molecular flexibility index (Phi) is 14.5. The minimum absolute atomic E-state index is 0.206. The van der Waals surface area contributed by atoms with Crippen LogP contribution in [0.15, 0.2) is 12.2 Å². The molecule has 1 N–H and O–H groups in total. The van der Waals surface area contributed by atoms with Crippen LogP contribution in [0.5, 0.6) is 0 Å². The van der Waals surface area contributed by atoms with Gasteiger partial charge in [0.15, 0.2) is 0 Å². The van der Waals surface area contributed by atoms with E-state index in [-0.39, 0.29) is 6.10 Å². The molecule has 0 aromatic carbocycles. The second kappa shape index (κ2) is 14.8. The first kappa shape index (κ1) is 17.7. The van der Waals surface area contributed by atoms with Gasteiger partial charge in [0.1, 0.15) is 0 Å². The number of aliphatic hydroxyl groups is 1. The van der Waals surface area contributed by atoms with Gasteiger partial charge in [0.25, 0.3) is 0 Å². The van der Waals surface area contributed by atoms with E-state index in [1.165, 1.54) is 64.2 Å². The molecule has 0 rings (SSSR count). The van der Waals surface area contributed by atoms with Crippen LogP contribution in [0.25, 0.3) is 0 Å². The van der Waals surface area contributed by atoms with Crippen LogP contribution >= 0.6 is 0 Å². The summed E-state index contributed by atoms with van der Waals surface area (Å²) in [6.45, 7) is 4.48. The van der Waals surface area contributed by atoms with Crippen molar-refractivity contribution in [3.05, 3.63) is 12.2 Å².